The van der Waals surface area contributed by atoms with Gasteiger partial charge in [-0.25, -0.2) is 14.5 Å². The number of nitrogens with zero attached hydrogens (tertiary/aromatic N) is 6. The van der Waals surface area contributed by atoms with Crippen molar-refractivity contribution < 1.29 is 13.2 Å². The van der Waals surface area contributed by atoms with Gasteiger partial charge >= 0.3 is 6.18 Å². The number of alkyl halides is 3. The molecule has 0 fully saturated rings. The Labute approximate surface area is 162 Å². The average Bonchev–Trinajstić information content (AvgIpc) is 3.33. The number of aromatic nitrogens is 6. The molecule has 4 aromatic rings. The van der Waals surface area contributed by atoms with E-state index in [0.29, 0.717) is 11.6 Å². The van der Waals surface area contributed by atoms with Gasteiger partial charge in [-0.05, 0) is 36.8 Å². The fourth-order valence-electron chi connectivity index (χ4n) is 3.94. The molecule has 1 aliphatic carbocycles. The standard InChI is InChI=1S/C18H17F3N6S/c1-3-9-4-5-10-12(6-9)28-17-14(10)16-23-15(25-27(16)8-22-17)11-7-13(18(19,20)21)26(2)24-11/h7-9H,3-6H2,1-2H3/t9-/m0/s1. The Hall–Kier alpha value is -2.49. The molecule has 0 aromatic carbocycles. The van der Waals surface area contributed by atoms with E-state index in [9.17, 15) is 13.2 Å². The summed E-state index contributed by atoms with van der Waals surface area (Å²) in [5, 5.41) is 9.27. The van der Waals surface area contributed by atoms with Gasteiger partial charge in [0.2, 0.25) is 5.82 Å². The Morgan fingerprint density at radius 1 is 1.29 bits per heavy atom. The van der Waals surface area contributed by atoms with E-state index in [-0.39, 0.29) is 11.5 Å². The Balaban J connectivity index is 1.66. The van der Waals surface area contributed by atoms with Crippen molar-refractivity contribution >= 4 is 27.2 Å². The quantitative estimate of drug-likeness (QED) is 0.499. The Morgan fingerprint density at radius 3 is 2.82 bits per heavy atom. The summed E-state index contributed by atoms with van der Waals surface area (Å²) in [6, 6.07) is 0.980. The zero-order valence-corrected chi connectivity index (χ0v) is 16.1. The second-order valence-electron chi connectivity index (χ2n) is 7.19. The van der Waals surface area contributed by atoms with Crippen LogP contribution in [-0.2, 0) is 26.1 Å². The molecule has 0 saturated heterocycles. The lowest BCUT2D eigenvalue weighted by Gasteiger charge is -2.20. The number of hydrogen-bond donors (Lipinski definition) is 0. The third-order valence-corrected chi connectivity index (χ3v) is 6.63. The summed E-state index contributed by atoms with van der Waals surface area (Å²) in [6.07, 6.45) is 1.41. The molecule has 1 aliphatic rings. The van der Waals surface area contributed by atoms with Crippen LogP contribution in [0.4, 0.5) is 13.2 Å². The lowest BCUT2D eigenvalue weighted by Crippen LogP contribution is -2.11. The second kappa shape index (κ2) is 6.00. The van der Waals surface area contributed by atoms with Crippen molar-refractivity contribution in [1.82, 2.24) is 29.4 Å². The molecule has 5 rings (SSSR count). The zero-order valence-electron chi connectivity index (χ0n) is 15.3. The predicted molar refractivity (Wildman–Crippen MR) is 99.2 cm³/mol. The van der Waals surface area contributed by atoms with Gasteiger partial charge in [-0.1, -0.05) is 13.3 Å². The Morgan fingerprint density at radius 2 is 2.11 bits per heavy atom. The van der Waals surface area contributed by atoms with Crippen LogP contribution in [0, 0.1) is 5.92 Å². The summed E-state index contributed by atoms with van der Waals surface area (Å²) >= 11 is 1.69. The summed E-state index contributed by atoms with van der Waals surface area (Å²) in [5.74, 6) is 0.863. The lowest BCUT2D eigenvalue weighted by atomic mass is 9.86. The molecule has 0 unspecified atom stereocenters. The highest BCUT2D eigenvalue weighted by atomic mass is 32.1. The first-order valence-corrected chi connectivity index (χ1v) is 9.94. The number of rotatable bonds is 2. The summed E-state index contributed by atoms with van der Waals surface area (Å²) < 4.78 is 41.6. The first-order chi connectivity index (χ1) is 13.3. The number of halogens is 3. The minimum Gasteiger partial charge on any atom is -0.263 e. The smallest absolute Gasteiger partial charge is 0.263 e. The monoisotopic (exact) mass is 406 g/mol. The highest BCUT2D eigenvalue weighted by Crippen LogP contribution is 2.39. The summed E-state index contributed by atoms with van der Waals surface area (Å²) in [4.78, 5) is 11.3. The van der Waals surface area contributed by atoms with Crippen LogP contribution in [0.25, 0.3) is 27.4 Å². The van der Waals surface area contributed by atoms with E-state index < -0.39 is 11.9 Å². The van der Waals surface area contributed by atoms with Gasteiger partial charge in [-0.15, -0.1) is 16.4 Å². The van der Waals surface area contributed by atoms with Crippen molar-refractivity contribution in [3.63, 3.8) is 0 Å². The van der Waals surface area contributed by atoms with E-state index in [4.69, 9.17) is 0 Å². The fourth-order valence-corrected chi connectivity index (χ4v) is 5.24. The number of aryl methyl sites for hydroxylation is 2. The summed E-state index contributed by atoms with van der Waals surface area (Å²) in [7, 11) is 1.27. The van der Waals surface area contributed by atoms with Gasteiger partial charge in [0, 0.05) is 11.9 Å². The van der Waals surface area contributed by atoms with Crippen molar-refractivity contribution in [3.05, 3.63) is 28.5 Å². The molecular weight excluding hydrogens is 389 g/mol. The van der Waals surface area contributed by atoms with Crippen molar-refractivity contribution in [2.75, 3.05) is 0 Å². The SMILES string of the molecule is CC[C@H]1CCc2c(sc3ncn4nc(-c5cc(C(F)(F)F)n(C)n5)nc4c23)C1. The van der Waals surface area contributed by atoms with Gasteiger partial charge in [0.15, 0.2) is 5.65 Å². The van der Waals surface area contributed by atoms with Gasteiger partial charge in [0.1, 0.15) is 22.5 Å². The molecule has 28 heavy (non-hydrogen) atoms. The molecule has 1 atom stereocenters. The zero-order chi connectivity index (χ0) is 19.6. The highest BCUT2D eigenvalue weighted by molar-refractivity contribution is 7.19. The van der Waals surface area contributed by atoms with Gasteiger partial charge in [0.05, 0.1) is 5.39 Å². The van der Waals surface area contributed by atoms with E-state index in [1.165, 1.54) is 17.5 Å². The summed E-state index contributed by atoms with van der Waals surface area (Å²) in [6.45, 7) is 2.21. The van der Waals surface area contributed by atoms with Crippen LogP contribution in [-0.4, -0.2) is 29.4 Å². The molecular formula is C18H17F3N6S. The van der Waals surface area contributed by atoms with Crippen LogP contribution in [0.1, 0.15) is 35.9 Å². The van der Waals surface area contributed by atoms with Crippen LogP contribution >= 0.6 is 11.3 Å². The molecule has 4 aromatic heterocycles. The number of fused-ring (bicyclic) bond motifs is 5. The van der Waals surface area contributed by atoms with Crippen molar-refractivity contribution in [1.29, 1.82) is 0 Å². The normalized spacial score (nSPS) is 17.5. The van der Waals surface area contributed by atoms with Gasteiger partial charge in [-0.3, -0.25) is 4.68 Å². The first-order valence-electron chi connectivity index (χ1n) is 9.12. The highest BCUT2D eigenvalue weighted by Gasteiger charge is 2.35. The van der Waals surface area contributed by atoms with Crippen molar-refractivity contribution in [2.24, 2.45) is 13.0 Å². The maximum absolute atomic E-state index is 13.1. The van der Waals surface area contributed by atoms with E-state index in [0.717, 1.165) is 46.6 Å². The molecule has 6 nitrogen and oxygen atoms in total. The van der Waals surface area contributed by atoms with Crippen LogP contribution in [0.2, 0.25) is 0 Å². The molecule has 0 bridgehead atoms. The number of thiophene rings is 1. The Bertz CT molecular complexity index is 1200. The lowest BCUT2D eigenvalue weighted by molar-refractivity contribution is -0.143. The van der Waals surface area contributed by atoms with E-state index in [2.05, 4.69) is 27.1 Å². The third-order valence-electron chi connectivity index (χ3n) is 5.46. The number of hydrogen-bond acceptors (Lipinski definition) is 5. The molecule has 0 N–H and O–H groups in total. The topological polar surface area (TPSA) is 60.9 Å². The maximum Gasteiger partial charge on any atom is 0.433 e. The van der Waals surface area contributed by atoms with Crippen LogP contribution in [0.15, 0.2) is 12.4 Å². The summed E-state index contributed by atoms with van der Waals surface area (Å²) in [5.41, 5.74) is 1.16. The maximum atomic E-state index is 13.1. The van der Waals surface area contributed by atoms with Crippen LogP contribution < -0.4 is 0 Å². The van der Waals surface area contributed by atoms with Gasteiger partial charge in [-0.2, -0.15) is 18.3 Å². The first kappa shape index (κ1) is 17.6. The molecule has 10 heteroatoms. The molecule has 4 heterocycles. The molecule has 146 valence electrons. The van der Waals surface area contributed by atoms with Crippen LogP contribution in [0.3, 0.4) is 0 Å². The van der Waals surface area contributed by atoms with E-state index in [1.54, 1.807) is 22.2 Å². The van der Waals surface area contributed by atoms with Crippen molar-refractivity contribution in [2.45, 2.75) is 38.8 Å². The Kier molecular flexibility index (Phi) is 3.77. The van der Waals surface area contributed by atoms with Crippen molar-refractivity contribution in [3.8, 4) is 11.5 Å². The molecule has 0 spiro atoms. The molecule has 0 radical (unpaired) electrons. The minimum atomic E-state index is -4.48. The van der Waals surface area contributed by atoms with E-state index in [1.807, 2.05) is 0 Å². The molecule has 0 amide bonds. The van der Waals surface area contributed by atoms with Crippen LogP contribution in [0.5, 0.6) is 0 Å². The second-order valence-corrected chi connectivity index (χ2v) is 8.27. The molecule has 0 aliphatic heterocycles. The van der Waals surface area contributed by atoms with Gasteiger partial charge < -0.3 is 0 Å². The average molecular weight is 406 g/mol. The third kappa shape index (κ3) is 2.61. The predicted octanol–water partition coefficient (Wildman–Crippen LogP) is 4.27. The largest absolute Gasteiger partial charge is 0.433 e. The van der Waals surface area contributed by atoms with Gasteiger partial charge in [0.25, 0.3) is 0 Å². The fraction of sp³-hybridized carbons (Fsp3) is 0.444. The molecule has 0 saturated carbocycles. The minimum absolute atomic E-state index is 0.0989. The van der Waals surface area contributed by atoms with E-state index >= 15 is 0 Å².